The predicted molar refractivity (Wildman–Crippen MR) is 94.2 cm³/mol. The smallest absolute Gasteiger partial charge is 0.284 e. The molecule has 1 aliphatic rings. The van der Waals surface area contributed by atoms with Crippen molar-refractivity contribution in [2.75, 3.05) is 18.2 Å². The van der Waals surface area contributed by atoms with E-state index in [1.807, 2.05) is 0 Å². The van der Waals surface area contributed by atoms with Crippen LogP contribution in [0.2, 0.25) is 0 Å². The highest BCUT2D eigenvalue weighted by Crippen LogP contribution is 2.30. The number of methoxy groups -OCH3 is 1. The minimum atomic E-state index is -3.65. The fourth-order valence-electron chi connectivity index (χ4n) is 2.21. The normalized spacial score (nSPS) is 14.6. The summed E-state index contributed by atoms with van der Waals surface area (Å²) in [4.78, 5) is 12.2. The fraction of sp³-hybridized carbons (Fsp3) is 0.125. The van der Waals surface area contributed by atoms with Crippen molar-refractivity contribution in [2.45, 2.75) is 4.90 Å². The standard InChI is InChI=1S/C16H14N2O4S2/c1-22-12-6-4-5-11(9-12)17-15(19)10-23-16-13-7-2-3-8-14(13)24(20,21)18-16/h2-9H,10H2,1H3,(H,17,19). The third kappa shape index (κ3) is 3.44. The van der Waals surface area contributed by atoms with Gasteiger partial charge in [0.05, 0.1) is 17.8 Å². The Morgan fingerprint density at radius 1 is 1.21 bits per heavy atom. The number of benzene rings is 2. The number of sulfonamides is 1. The average Bonchev–Trinajstić information content (AvgIpc) is 2.84. The summed E-state index contributed by atoms with van der Waals surface area (Å²) in [6, 6.07) is 13.6. The van der Waals surface area contributed by atoms with Gasteiger partial charge < -0.3 is 10.1 Å². The van der Waals surface area contributed by atoms with Crippen LogP contribution < -0.4 is 10.1 Å². The van der Waals surface area contributed by atoms with Gasteiger partial charge in [0, 0.05) is 17.3 Å². The summed E-state index contributed by atoms with van der Waals surface area (Å²) in [5.74, 6) is 0.443. The fourth-order valence-corrected chi connectivity index (χ4v) is 4.56. The second-order valence-corrected chi connectivity index (χ2v) is 7.47. The van der Waals surface area contributed by atoms with Crippen molar-refractivity contribution < 1.29 is 17.9 Å². The summed E-state index contributed by atoms with van der Waals surface area (Å²) in [6.07, 6.45) is 0. The first kappa shape index (κ1) is 16.5. The Labute approximate surface area is 144 Å². The second-order valence-electron chi connectivity index (χ2n) is 4.94. The van der Waals surface area contributed by atoms with Gasteiger partial charge in [-0.3, -0.25) is 4.79 Å². The molecule has 1 amide bonds. The summed E-state index contributed by atoms with van der Waals surface area (Å²) in [5.41, 5.74) is 1.15. The lowest BCUT2D eigenvalue weighted by Gasteiger charge is -2.07. The molecule has 0 saturated heterocycles. The van der Waals surface area contributed by atoms with Crippen LogP contribution in [0, 0.1) is 0 Å². The number of hydrogen-bond donors (Lipinski definition) is 1. The summed E-state index contributed by atoms with van der Waals surface area (Å²) in [7, 11) is -2.10. The molecule has 3 rings (SSSR count). The minimum Gasteiger partial charge on any atom is -0.497 e. The molecular formula is C16H14N2O4S2. The van der Waals surface area contributed by atoms with Crippen molar-refractivity contribution in [3.05, 3.63) is 54.1 Å². The van der Waals surface area contributed by atoms with Crippen LogP contribution in [0.5, 0.6) is 5.75 Å². The molecule has 0 unspecified atom stereocenters. The van der Waals surface area contributed by atoms with Crippen LogP contribution in [0.3, 0.4) is 0 Å². The number of nitrogens with zero attached hydrogens (tertiary/aromatic N) is 1. The van der Waals surface area contributed by atoms with Gasteiger partial charge in [0.25, 0.3) is 10.0 Å². The van der Waals surface area contributed by atoms with Crippen LogP contribution in [-0.2, 0) is 14.8 Å². The second kappa shape index (κ2) is 6.66. The molecule has 0 spiro atoms. The molecule has 2 aromatic rings. The van der Waals surface area contributed by atoms with Gasteiger partial charge in [0.1, 0.15) is 10.8 Å². The zero-order chi connectivity index (χ0) is 17.2. The Morgan fingerprint density at radius 2 is 2.00 bits per heavy atom. The van der Waals surface area contributed by atoms with Crippen molar-refractivity contribution >= 4 is 38.4 Å². The van der Waals surface area contributed by atoms with Gasteiger partial charge in [-0.2, -0.15) is 12.8 Å². The lowest BCUT2D eigenvalue weighted by molar-refractivity contribution is -0.113. The highest BCUT2D eigenvalue weighted by Gasteiger charge is 2.28. The summed E-state index contributed by atoms with van der Waals surface area (Å²) >= 11 is 1.09. The molecule has 0 saturated carbocycles. The predicted octanol–water partition coefficient (Wildman–Crippen LogP) is 2.52. The van der Waals surface area contributed by atoms with Crippen LogP contribution in [0.15, 0.2) is 57.8 Å². The first-order valence-corrected chi connectivity index (χ1v) is 9.43. The Hall–Kier alpha value is -2.32. The van der Waals surface area contributed by atoms with E-state index in [0.29, 0.717) is 22.0 Å². The maximum Gasteiger partial charge on any atom is 0.284 e. The van der Waals surface area contributed by atoms with E-state index >= 15 is 0 Å². The average molecular weight is 362 g/mol. The molecule has 2 aromatic carbocycles. The molecular weight excluding hydrogens is 348 g/mol. The number of carbonyl (C=O) groups is 1. The van der Waals surface area contributed by atoms with E-state index in [0.717, 1.165) is 11.8 Å². The monoisotopic (exact) mass is 362 g/mol. The topological polar surface area (TPSA) is 84.8 Å². The number of thioether (sulfide) groups is 1. The van der Waals surface area contributed by atoms with Gasteiger partial charge in [-0.05, 0) is 18.2 Å². The zero-order valence-electron chi connectivity index (χ0n) is 12.7. The van der Waals surface area contributed by atoms with Gasteiger partial charge in [-0.1, -0.05) is 36.0 Å². The lowest BCUT2D eigenvalue weighted by atomic mass is 10.2. The Kier molecular flexibility index (Phi) is 4.59. The van der Waals surface area contributed by atoms with Crippen molar-refractivity contribution in [1.29, 1.82) is 0 Å². The largest absolute Gasteiger partial charge is 0.497 e. The van der Waals surface area contributed by atoms with Crippen LogP contribution in [0.1, 0.15) is 5.56 Å². The van der Waals surface area contributed by atoms with Crippen molar-refractivity contribution in [3.8, 4) is 5.75 Å². The van der Waals surface area contributed by atoms with E-state index in [2.05, 4.69) is 9.71 Å². The van der Waals surface area contributed by atoms with E-state index < -0.39 is 10.0 Å². The molecule has 0 aliphatic carbocycles. The molecule has 0 fully saturated rings. The maximum absolute atomic E-state index is 12.1. The van der Waals surface area contributed by atoms with Crippen LogP contribution >= 0.6 is 11.8 Å². The number of ether oxygens (including phenoxy) is 1. The Balaban J connectivity index is 1.67. The van der Waals surface area contributed by atoms with Crippen LogP contribution in [-0.4, -0.2) is 32.2 Å². The van der Waals surface area contributed by atoms with Gasteiger partial charge in [-0.25, -0.2) is 0 Å². The summed E-state index contributed by atoms with van der Waals surface area (Å²) in [5, 5.41) is 3.08. The molecule has 0 aromatic heterocycles. The quantitative estimate of drug-likeness (QED) is 0.903. The number of fused-ring (bicyclic) bond motifs is 1. The molecule has 8 heteroatoms. The Bertz CT molecular complexity index is 923. The number of carbonyl (C=O) groups excluding carboxylic acids is 1. The zero-order valence-corrected chi connectivity index (χ0v) is 14.4. The number of anilines is 1. The molecule has 24 heavy (non-hydrogen) atoms. The number of rotatable bonds is 4. The van der Waals surface area contributed by atoms with Crippen molar-refractivity contribution in [2.24, 2.45) is 4.40 Å². The molecule has 0 radical (unpaired) electrons. The third-order valence-electron chi connectivity index (χ3n) is 3.29. The molecule has 1 aliphatic heterocycles. The van der Waals surface area contributed by atoms with E-state index in [4.69, 9.17) is 4.74 Å². The summed E-state index contributed by atoms with van der Waals surface area (Å²) < 4.78 is 32.8. The first-order valence-electron chi connectivity index (χ1n) is 7.01. The summed E-state index contributed by atoms with van der Waals surface area (Å²) in [6.45, 7) is 0. The number of amides is 1. The highest BCUT2D eigenvalue weighted by molar-refractivity contribution is 8.16. The van der Waals surface area contributed by atoms with Gasteiger partial charge in [-0.15, -0.1) is 0 Å². The molecule has 0 bridgehead atoms. The number of hydrogen-bond acceptors (Lipinski definition) is 5. The SMILES string of the molecule is COc1cccc(NC(=O)CSC2=NS(=O)(=O)c3ccccc32)c1. The van der Waals surface area contributed by atoms with Gasteiger partial charge in [0.15, 0.2) is 0 Å². The van der Waals surface area contributed by atoms with Gasteiger partial charge >= 0.3 is 0 Å². The van der Waals surface area contributed by atoms with E-state index in [1.165, 1.54) is 6.07 Å². The molecule has 1 heterocycles. The van der Waals surface area contributed by atoms with E-state index in [-0.39, 0.29) is 16.6 Å². The molecule has 124 valence electrons. The first-order chi connectivity index (χ1) is 11.5. The van der Waals surface area contributed by atoms with Crippen LogP contribution in [0.4, 0.5) is 5.69 Å². The van der Waals surface area contributed by atoms with Crippen molar-refractivity contribution in [1.82, 2.24) is 0 Å². The number of nitrogens with one attached hydrogen (secondary N) is 1. The molecule has 6 nitrogen and oxygen atoms in total. The Morgan fingerprint density at radius 3 is 2.79 bits per heavy atom. The maximum atomic E-state index is 12.1. The van der Waals surface area contributed by atoms with E-state index in [9.17, 15) is 13.2 Å². The van der Waals surface area contributed by atoms with E-state index in [1.54, 1.807) is 49.6 Å². The molecule has 1 N–H and O–H groups in total. The lowest BCUT2D eigenvalue weighted by Crippen LogP contribution is -2.15. The van der Waals surface area contributed by atoms with Gasteiger partial charge in [0.2, 0.25) is 5.91 Å². The third-order valence-corrected chi connectivity index (χ3v) is 5.73. The van der Waals surface area contributed by atoms with Crippen molar-refractivity contribution in [3.63, 3.8) is 0 Å². The highest BCUT2D eigenvalue weighted by atomic mass is 32.2. The minimum absolute atomic E-state index is 0.0555. The van der Waals surface area contributed by atoms with Crippen LogP contribution in [0.25, 0.3) is 0 Å². The molecule has 0 atom stereocenters.